The summed E-state index contributed by atoms with van der Waals surface area (Å²) < 4.78 is 57.7. The Hall–Kier alpha value is -7.07. The number of ketones is 1. The summed E-state index contributed by atoms with van der Waals surface area (Å²) in [5, 5.41) is 51.6. The number of esters is 4. The third-order valence-electron chi connectivity index (χ3n) is 16.1. The van der Waals surface area contributed by atoms with Crippen molar-refractivity contribution >= 4 is 56.7 Å². The Morgan fingerprint density at radius 2 is 1.41 bits per heavy atom. The zero-order valence-electron chi connectivity index (χ0n) is 45.8. The van der Waals surface area contributed by atoms with E-state index in [9.17, 15) is 57.6 Å². The van der Waals surface area contributed by atoms with E-state index in [4.69, 9.17) is 28.4 Å². The van der Waals surface area contributed by atoms with Gasteiger partial charge in [0.15, 0.2) is 27.3 Å². The molecule has 2 saturated carbocycles. The fourth-order valence-electron chi connectivity index (χ4n) is 12.0. The molecule has 2 heterocycles. The number of nitrogens with one attached hydrogen (secondary N) is 1. The summed E-state index contributed by atoms with van der Waals surface area (Å²) in [6.45, 7) is 12.0. The highest BCUT2D eigenvalue weighted by atomic mass is 32.2. The Labute approximate surface area is 463 Å². The molecule has 2 bridgehead atoms. The highest BCUT2D eigenvalue weighted by Crippen LogP contribution is 2.64. The third kappa shape index (κ3) is 11.0. The molecule has 20 heteroatoms. The van der Waals surface area contributed by atoms with Crippen molar-refractivity contribution in [2.45, 2.75) is 133 Å². The molecule has 19 nitrogen and oxygen atoms in total. The van der Waals surface area contributed by atoms with Gasteiger partial charge in [0.05, 0.1) is 46.1 Å². The van der Waals surface area contributed by atoms with Crippen molar-refractivity contribution in [3.8, 4) is 0 Å². The lowest BCUT2D eigenvalue weighted by Gasteiger charge is -2.67. The number of amides is 1. The number of alkyl carbamates (subject to hydrolysis) is 1. The number of carbonyl (C=O) groups is 6. The second-order valence-corrected chi connectivity index (χ2v) is 24.7. The van der Waals surface area contributed by atoms with E-state index in [1.54, 1.807) is 107 Å². The van der Waals surface area contributed by atoms with Crippen molar-refractivity contribution in [1.29, 1.82) is 0 Å². The Bertz CT molecular complexity index is 3230. The Morgan fingerprint density at radius 1 is 0.825 bits per heavy atom. The van der Waals surface area contributed by atoms with Crippen LogP contribution in [0.2, 0.25) is 0 Å². The highest BCUT2D eigenvalue weighted by molar-refractivity contribution is 7.90. The minimum atomic E-state index is -3.23. The molecule has 11 atom stereocenters. The van der Waals surface area contributed by atoms with Crippen LogP contribution in [0.25, 0.3) is 11.1 Å². The lowest BCUT2D eigenvalue weighted by Crippen LogP contribution is -2.81. The Morgan fingerprint density at radius 3 is 1.96 bits per heavy atom. The van der Waals surface area contributed by atoms with Crippen LogP contribution in [0.5, 0.6) is 0 Å². The molecule has 0 spiro atoms. The Balaban J connectivity index is 0.000000317. The number of hydrogen-bond acceptors (Lipinski definition) is 18. The maximum Gasteiger partial charge on any atom is 0.408 e. The number of sulfone groups is 1. The molecule has 426 valence electrons. The number of carbonyl (C=O) groups excluding carboxylic acids is 6. The maximum atomic E-state index is 14.9. The lowest BCUT2D eigenvalue weighted by atomic mass is 9.44. The minimum absolute atomic E-state index is 0.0637. The molecule has 80 heavy (non-hydrogen) atoms. The van der Waals surface area contributed by atoms with Crippen LogP contribution >= 0.6 is 0 Å². The average molecular weight is 1120 g/mol. The van der Waals surface area contributed by atoms with Crippen LogP contribution in [-0.4, -0.2) is 137 Å². The number of rotatable bonds is 11. The number of Topliss-reactive ketones (excluding diaryl/α,β-unsaturated/α-hetero) is 1. The van der Waals surface area contributed by atoms with E-state index in [0.29, 0.717) is 11.1 Å². The fraction of sp³-hybridized carbons (Fsp3) is 0.433. The maximum absolute atomic E-state index is 14.9. The summed E-state index contributed by atoms with van der Waals surface area (Å²) in [7, 11) is -3.23. The molecule has 4 aromatic carbocycles. The molecular formula is C60H67NO18S. The summed E-state index contributed by atoms with van der Waals surface area (Å²) in [5.41, 5.74) is -5.24. The topological polar surface area (TPSA) is 285 Å². The molecule has 5 N–H and O–H groups in total. The van der Waals surface area contributed by atoms with Gasteiger partial charge in [0, 0.05) is 37.0 Å². The van der Waals surface area contributed by atoms with Crippen LogP contribution in [0.15, 0.2) is 131 Å². The molecular weight excluding hydrogens is 1050 g/mol. The van der Waals surface area contributed by atoms with Crippen molar-refractivity contribution in [1.82, 2.24) is 5.32 Å². The standard InChI is InChI=1S/C43H53NO14.C17H14O4S/c1-22-26(55-37(51)32(48)30(24-15-11-9-12-16-24)44-38(52)58-39(3,4)5)20-43(53)35(56-36(50)25-17-13-10-14-18-25)33-41(8,34(49)31(47)29(22)40(43,6)7)27(46)19-28-42(33,21-54-28)57-23(2)45;1-22(19,20)14-9-7-12(8-10-14)15-11-21-17(18)16(15)13-5-3-2-4-6-13/h9-18,26-28,30-33,35,46-48,53H,19-21H2,1-8H3,(H,44,52);2-10H,11H2,1H3/t26-,27-,28+,30-,31+,32?,33-,35-,41+,42-,43+;/m0./s1. The molecule has 9 rings (SSSR count). The number of ether oxygens (including phenoxy) is 6. The zero-order valence-corrected chi connectivity index (χ0v) is 46.6. The molecule has 1 saturated heterocycles. The van der Waals surface area contributed by atoms with Gasteiger partial charge in [0.25, 0.3) is 0 Å². The fourth-order valence-corrected chi connectivity index (χ4v) is 12.6. The van der Waals surface area contributed by atoms with Gasteiger partial charge in [-0.15, -0.1) is 0 Å². The van der Waals surface area contributed by atoms with Gasteiger partial charge in [-0.3, -0.25) is 9.59 Å². The van der Waals surface area contributed by atoms with Crippen LogP contribution in [0, 0.1) is 16.7 Å². The minimum Gasteiger partial charge on any atom is -0.457 e. The number of aliphatic hydroxyl groups excluding tert-OH is 3. The first-order valence-electron chi connectivity index (χ1n) is 26.1. The smallest absolute Gasteiger partial charge is 0.408 e. The summed E-state index contributed by atoms with van der Waals surface area (Å²) >= 11 is 0. The van der Waals surface area contributed by atoms with E-state index in [0.717, 1.165) is 23.6 Å². The van der Waals surface area contributed by atoms with Crippen LogP contribution in [-0.2, 0) is 57.4 Å². The van der Waals surface area contributed by atoms with Gasteiger partial charge in [-0.2, -0.15) is 0 Å². The molecule has 4 aromatic rings. The van der Waals surface area contributed by atoms with Crippen LogP contribution in [0.4, 0.5) is 4.79 Å². The van der Waals surface area contributed by atoms with E-state index >= 15 is 0 Å². The van der Waals surface area contributed by atoms with E-state index in [1.807, 2.05) is 30.3 Å². The Kier molecular flexibility index (Phi) is 16.3. The van der Waals surface area contributed by atoms with Gasteiger partial charge in [0.1, 0.15) is 42.2 Å². The number of cyclic esters (lactones) is 1. The first-order chi connectivity index (χ1) is 37.5. The number of benzene rings is 4. The second-order valence-electron chi connectivity index (χ2n) is 22.7. The van der Waals surface area contributed by atoms with Gasteiger partial charge in [0.2, 0.25) is 0 Å². The monoisotopic (exact) mass is 1120 g/mol. The van der Waals surface area contributed by atoms with Crippen molar-refractivity contribution in [3.05, 3.63) is 149 Å². The van der Waals surface area contributed by atoms with E-state index in [-0.39, 0.29) is 47.2 Å². The summed E-state index contributed by atoms with van der Waals surface area (Å²) in [6, 6.07) is 30.4. The molecule has 2 aliphatic heterocycles. The van der Waals surface area contributed by atoms with E-state index < -0.39 is 122 Å². The molecule has 3 aliphatic carbocycles. The van der Waals surface area contributed by atoms with Crippen LogP contribution in [0.1, 0.15) is 101 Å². The average Bonchev–Trinajstić information content (AvgIpc) is 3.90. The predicted molar refractivity (Wildman–Crippen MR) is 287 cm³/mol. The summed E-state index contributed by atoms with van der Waals surface area (Å²) in [5.74, 6) is -5.72. The SMILES string of the molecule is CC(=O)O[C@@]12CO[C@@H]1C[C@H](O)[C@@]1(C)C(=O)[C@H](O)C3=C(C)[C@@H](OC(=O)C(O)[C@@H](NC(=O)OC(C)(C)C)c4ccccc4)C[C@@](O)([C@@H](OC(=O)c4ccccc4)[C@H]21)C3(C)C.CS(=O)(=O)c1ccc(C2=C(c3ccccc3)C(=O)OC2)cc1. The third-order valence-corrected chi connectivity index (χ3v) is 17.2. The quantitative estimate of drug-likeness (QED) is 0.0672. The predicted octanol–water partition coefficient (Wildman–Crippen LogP) is 5.82. The lowest BCUT2D eigenvalue weighted by molar-refractivity contribution is -0.346. The second kappa shape index (κ2) is 22.1. The van der Waals surface area contributed by atoms with Crippen molar-refractivity contribution in [3.63, 3.8) is 0 Å². The normalized spacial score (nSPS) is 28.6. The van der Waals surface area contributed by atoms with Gasteiger partial charge in [-0.25, -0.2) is 27.6 Å². The van der Waals surface area contributed by atoms with Crippen molar-refractivity contribution in [2.75, 3.05) is 19.5 Å². The van der Waals surface area contributed by atoms with Gasteiger partial charge in [-0.05, 0) is 86.7 Å². The number of hydrogen-bond donors (Lipinski definition) is 5. The summed E-state index contributed by atoms with van der Waals surface area (Å²) in [4.78, 5) is 81.2. The van der Waals surface area contributed by atoms with Gasteiger partial charge < -0.3 is 54.2 Å². The summed E-state index contributed by atoms with van der Waals surface area (Å²) in [6.07, 6.45) is -10.3. The largest absolute Gasteiger partial charge is 0.457 e. The molecule has 0 aromatic heterocycles. The van der Waals surface area contributed by atoms with Gasteiger partial charge >= 0.3 is 30.0 Å². The molecule has 0 radical (unpaired) electrons. The van der Waals surface area contributed by atoms with E-state index in [2.05, 4.69) is 5.32 Å². The molecule has 1 unspecified atom stereocenters. The number of aliphatic hydroxyl groups is 4. The highest BCUT2D eigenvalue weighted by Gasteiger charge is 2.78. The number of fused-ring (bicyclic) bond motifs is 5. The van der Waals surface area contributed by atoms with Crippen LogP contribution < -0.4 is 5.32 Å². The van der Waals surface area contributed by atoms with E-state index in [1.165, 1.54) is 32.2 Å². The molecule has 3 fully saturated rings. The zero-order chi connectivity index (χ0) is 58.5. The van der Waals surface area contributed by atoms with Crippen molar-refractivity contribution < 1.29 is 86.0 Å². The van der Waals surface area contributed by atoms with Crippen LogP contribution in [0.3, 0.4) is 0 Å². The first-order valence-corrected chi connectivity index (χ1v) is 28.0. The molecule has 5 aliphatic rings. The van der Waals surface area contributed by atoms with Crippen molar-refractivity contribution in [2.24, 2.45) is 16.7 Å². The molecule has 1 amide bonds. The van der Waals surface area contributed by atoms with Gasteiger partial charge in [-0.1, -0.05) is 105 Å². The first kappa shape index (κ1) is 59.1.